The number of nitrogens with zero attached hydrogens (tertiary/aromatic N) is 4. The Hall–Kier alpha value is -5.37. The number of likely N-dealkylation sites (tertiary alicyclic amines) is 1. The highest BCUT2D eigenvalue weighted by atomic mass is 32.1. The molecule has 0 radical (unpaired) electrons. The molecular formula is C47H58N6O6S. The van der Waals surface area contributed by atoms with Crippen molar-refractivity contribution < 1.29 is 28.6 Å². The van der Waals surface area contributed by atoms with E-state index in [4.69, 9.17) is 19.2 Å². The maximum absolute atomic E-state index is 13.9. The Morgan fingerprint density at radius 2 is 1.62 bits per heavy atom. The van der Waals surface area contributed by atoms with E-state index in [0.717, 1.165) is 61.7 Å². The summed E-state index contributed by atoms with van der Waals surface area (Å²) >= 11 is 1.60. The van der Waals surface area contributed by atoms with E-state index < -0.39 is 17.5 Å². The summed E-state index contributed by atoms with van der Waals surface area (Å²) in [6.07, 6.45) is 2.63. The Balaban J connectivity index is 0.855. The number of hydrogen-bond acceptors (Lipinski definition) is 10. The number of hydrogen-bond donors (Lipinski definition) is 2. The van der Waals surface area contributed by atoms with E-state index in [0.29, 0.717) is 58.8 Å². The van der Waals surface area contributed by atoms with Gasteiger partial charge in [0.25, 0.3) is 0 Å². The Morgan fingerprint density at radius 3 is 2.32 bits per heavy atom. The molecule has 5 aromatic rings. The van der Waals surface area contributed by atoms with Crippen molar-refractivity contribution in [3.8, 4) is 27.4 Å². The van der Waals surface area contributed by atoms with Gasteiger partial charge in [-0.3, -0.25) is 14.4 Å². The van der Waals surface area contributed by atoms with Crippen molar-refractivity contribution in [2.75, 3.05) is 58.6 Å². The molecule has 1 unspecified atom stereocenters. The second-order valence-electron chi connectivity index (χ2n) is 16.5. The number of amides is 3. The first-order valence-electron chi connectivity index (χ1n) is 20.7. The van der Waals surface area contributed by atoms with Crippen LogP contribution in [0.4, 0.5) is 5.69 Å². The molecule has 3 heterocycles. The van der Waals surface area contributed by atoms with Crippen molar-refractivity contribution in [1.82, 2.24) is 25.5 Å². The number of thiazole rings is 1. The van der Waals surface area contributed by atoms with Gasteiger partial charge < -0.3 is 34.6 Å². The fraction of sp³-hybridized carbons (Fsp3) is 0.426. The average Bonchev–Trinajstić information content (AvgIpc) is 3.91. The standard InChI is InChI=1S/C47H58N6O6S/c1-32-43(60-31-49-32)35-13-11-33(12-14-35)29-48-45(55)41-10-7-23-53(41)46(56)44(47(2,3)4)51-42(54)30-58-26-8-24-57-25-9-27-59-38-20-22-40-36(28-38)17-21-39(50-40)34-15-18-37(19-16-34)52(5)6/h11-22,28,31,41,44H,7-10,23-27,29-30H2,1-6H3,(H,48,55)(H,51,54)/t41-,44?/m0/s1. The summed E-state index contributed by atoms with van der Waals surface area (Å²) in [4.78, 5) is 54.2. The Morgan fingerprint density at radius 1 is 0.900 bits per heavy atom. The molecule has 6 rings (SSSR count). The number of nitrogens with one attached hydrogen (secondary N) is 2. The minimum Gasteiger partial charge on any atom is -0.493 e. The fourth-order valence-corrected chi connectivity index (χ4v) is 7.96. The fourth-order valence-electron chi connectivity index (χ4n) is 7.15. The van der Waals surface area contributed by atoms with Crippen LogP contribution in [0.15, 0.2) is 84.4 Å². The number of anilines is 1. The predicted octanol–water partition coefficient (Wildman–Crippen LogP) is 7.43. The number of pyridine rings is 1. The molecule has 2 atom stereocenters. The van der Waals surface area contributed by atoms with Crippen molar-refractivity contribution in [1.29, 1.82) is 0 Å². The van der Waals surface area contributed by atoms with Crippen molar-refractivity contribution in [3.05, 3.63) is 95.6 Å². The minimum atomic E-state index is -0.814. The molecule has 2 aromatic heterocycles. The van der Waals surface area contributed by atoms with E-state index in [2.05, 4.69) is 50.8 Å². The van der Waals surface area contributed by atoms with Gasteiger partial charge in [-0.15, -0.1) is 11.3 Å². The monoisotopic (exact) mass is 834 g/mol. The second kappa shape index (κ2) is 20.7. The zero-order valence-electron chi connectivity index (χ0n) is 35.7. The van der Waals surface area contributed by atoms with E-state index in [1.165, 1.54) is 0 Å². The van der Waals surface area contributed by atoms with Gasteiger partial charge in [-0.05, 0) is 79.1 Å². The maximum atomic E-state index is 13.9. The van der Waals surface area contributed by atoms with Gasteiger partial charge >= 0.3 is 0 Å². The lowest BCUT2D eigenvalue weighted by Gasteiger charge is -2.35. The smallest absolute Gasteiger partial charge is 0.246 e. The van der Waals surface area contributed by atoms with E-state index in [-0.39, 0.29) is 24.3 Å². The van der Waals surface area contributed by atoms with Crippen molar-refractivity contribution in [2.45, 2.75) is 72.0 Å². The highest BCUT2D eigenvalue weighted by Gasteiger charge is 2.41. The van der Waals surface area contributed by atoms with Crippen LogP contribution in [0.1, 0.15) is 57.7 Å². The number of fused-ring (bicyclic) bond motifs is 1. The van der Waals surface area contributed by atoms with Crippen LogP contribution < -0.4 is 20.3 Å². The van der Waals surface area contributed by atoms with Crippen LogP contribution in [-0.4, -0.2) is 98.3 Å². The third-order valence-corrected chi connectivity index (χ3v) is 11.5. The lowest BCUT2D eigenvalue weighted by Crippen LogP contribution is -2.58. The molecule has 0 saturated carbocycles. The highest BCUT2D eigenvalue weighted by Crippen LogP contribution is 2.29. The first-order chi connectivity index (χ1) is 28.9. The number of aromatic nitrogens is 2. The van der Waals surface area contributed by atoms with Gasteiger partial charge in [-0.1, -0.05) is 63.2 Å². The van der Waals surface area contributed by atoms with Crippen LogP contribution >= 0.6 is 11.3 Å². The summed E-state index contributed by atoms with van der Waals surface area (Å²) in [5, 5.41) is 6.93. The van der Waals surface area contributed by atoms with Gasteiger partial charge in [0.2, 0.25) is 17.7 Å². The van der Waals surface area contributed by atoms with Gasteiger partial charge in [0, 0.05) is 70.1 Å². The molecular weight excluding hydrogens is 777 g/mol. The summed E-state index contributed by atoms with van der Waals surface area (Å²) in [7, 11) is 4.05. The van der Waals surface area contributed by atoms with Crippen molar-refractivity contribution >= 4 is 45.6 Å². The molecule has 13 heteroatoms. The molecule has 1 aliphatic heterocycles. The summed E-state index contributed by atoms with van der Waals surface area (Å²) in [6, 6.07) is 25.1. The van der Waals surface area contributed by atoms with Crippen LogP contribution in [0.5, 0.6) is 5.75 Å². The first-order valence-corrected chi connectivity index (χ1v) is 21.6. The van der Waals surface area contributed by atoms with Gasteiger partial charge in [0.05, 0.1) is 33.9 Å². The quantitative estimate of drug-likeness (QED) is 0.0815. The Kier molecular flexibility index (Phi) is 15.3. The predicted molar refractivity (Wildman–Crippen MR) is 238 cm³/mol. The molecule has 60 heavy (non-hydrogen) atoms. The Bertz CT molecular complexity index is 2200. The lowest BCUT2D eigenvalue weighted by molar-refractivity contribution is -0.144. The van der Waals surface area contributed by atoms with Crippen LogP contribution in [-0.2, 0) is 30.4 Å². The van der Waals surface area contributed by atoms with Crippen LogP contribution in [0.2, 0.25) is 0 Å². The van der Waals surface area contributed by atoms with Gasteiger partial charge in [-0.2, -0.15) is 0 Å². The van der Waals surface area contributed by atoms with E-state index >= 15 is 0 Å². The molecule has 2 N–H and O–H groups in total. The summed E-state index contributed by atoms with van der Waals surface area (Å²) in [5.41, 5.74) is 8.38. The van der Waals surface area contributed by atoms with E-state index in [1.54, 1.807) is 16.2 Å². The van der Waals surface area contributed by atoms with Gasteiger partial charge in [0.15, 0.2) is 0 Å². The molecule has 1 aliphatic rings. The van der Waals surface area contributed by atoms with Gasteiger partial charge in [0.1, 0.15) is 24.4 Å². The van der Waals surface area contributed by atoms with Gasteiger partial charge in [-0.25, -0.2) is 9.97 Å². The normalized spacial score (nSPS) is 14.6. The second-order valence-corrected chi connectivity index (χ2v) is 17.3. The summed E-state index contributed by atoms with van der Waals surface area (Å²) in [5.74, 6) is -0.0425. The zero-order valence-corrected chi connectivity index (χ0v) is 36.5. The third-order valence-electron chi connectivity index (χ3n) is 10.5. The molecule has 3 aromatic carbocycles. The third kappa shape index (κ3) is 11.9. The Labute approximate surface area is 357 Å². The lowest BCUT2D eigenvalue weighted by atomic mass is 9.85. The topological polar surface area (TPSA) is 135 Å². The number of ether oxygens (including phenoxy) is 3. The molecule has 0 aliphatic carbocycles. The molecule has 0 spiro atoms. The highest BCUT2D eigenvalue weighted by molar-refractivity contribution is 7.13. The molecule has 12 nitrogen and oxygen atoms in total. The summed E-state index contributed by atoms with van der Waals surface area (Å²) in [6.45, 7) is 10.2. The average molecular weight is 835 g/mol. The minimum absolute atomic E-state index is 0.175. The number of benzene rings is 3. The molecule has 318 valence electrons. The largest absolute Gasteiger partial charge is 0.493 e. The molecule has 3 amide bonds. The number of aryl methyl sites for hydroxylation is 1. The van der Waals surface area contributed by atoms with E-state index in [1.807, 2.05) is 95.8 Å². The van der Waals surface area contributed by atoms with Crippen LogP contribution in [0, 0.1) is 12.3 Å². The SMILES string of the molecule is Cc1ncsc1-c1ccc(CNC(=O)[C@@H]2CCCN2C(=O)C(NC(=O)COCCCOCCCOc2ccc3nc(-c4ccc(N(C)C)cc4)ccc3c2)C(C)(C)C)cc1. The number of rotatable bonds is 19. The number of carbonyl (C=O) groups excluding carboxylic acids is 3. The molecule has 1 saturated heterocycles. The molecule has 0 bridgehead atoms. The number of carbonyl (C=O) groups is 3. The van der Waals surface area contributed by atoms with Crippen molar-refractivity contribution in [2.24, 2.45) is 5.41 Å². The summed E-state index contributed by atoms with van der Waals surface area (Å²) < 4.78 is 17.4. The van der Waals surface area contributed by atoms with Crippen molar-refractivity contribution in [3.63, 3.8) is 0 Å². The molecule has 1 fully saturated rings. The van der Waals surface area contributed by atoms with Crippen LogP contribution in [0.25, 0.3) is 32.6 Å². The van der Waals surface area contributed by atoms with Crippen LogP contribution in [0.3, 0.4) is 0 Å². The first kappa shape index (κ1) is 44.2. The van der Waals surface area contributed by atoms with E-state index in [9.17, 15) is 14.4 Å². The zero-order chi connectivity index (χ0) is 42.6. The maximum Gasteiger partial charge on any atom is 0.246 e.